The van der Waals surface area contributed by atoms with Crippen LogP contribution in [0.3, 0.4) is 0 Å². The van der Waals surface area contributed by atoms with Crippen LogP contribution in [-0.4, -0.2) is 34.2 Å². The van der Waals surface area contributed by atoms with Gasteiger partial charge in [0.1, 0.15) is 5.02 Å². The molecule has 128 valence electrons. The fraction of sp³-hybridized carbons (Fsp3) is 0.444. The van der Waals surface area contributed by atoms with Crippen molar-refractivity contribution in [2.45, 2.75) is 32.9 Å². The van der Waals surface area contributed by atoms with E-state index in [1.54, 1.807) is 6.20 Å². The van der Waals surface area contributed by atoms with Gasteiger partial charge in [-0.05, 0) is 17.4 Å². The summed E-state index contributed by atoms with van der Waals surface area (Å²) in [7, 11) is 0. The van der Waals surface area contributed by atoms with Gasteiger partial charge in [-0.15, -0.1) is 0 Å². The Morgan fingerprint density at radius 3 is 2.83 bits per heavy atom. The number of benzene rings is 1. The zero-order valence-electron chi connectivity index (χ0n) is 14.1. The highest BCUT2D eigenvalue weighted by molar-refractivity contribution is 6.32. The van der Waals surface area contributed by atoms with Gasteiger partial charge in [-0.25, -0.2) is 5.10 Å². The number of anilines is 1. The summed E-state index contributed by atoms with van der Waals surface area (Å²) in [4.78, 5) is 14.1. The van der Waals surface area contributed by atoms with E-state index in [1.807, 2.05) is 6.07 Å². The van der Waals surface area contributed by atoms with Crippen molar-refractivity contribution in [3.05, 3.63) is 57.5 Å². The van der Waals surface area contributed by atoms with Crippen LogP contribution in [-0.2, 0) is 6.54 Å². The zero-order chi connectivity index (χ0) is 17.2. The molecular formula is C18H23ClN4O. The van der Waals surface area contributed by atoms with Crippen molar-refractivity contribution < 1.29 is 0 Å². The first kappa shape index (κ1) is 17.0. The van der Waals surface area contributed by atoms with Crippen molar-refractivity contribution in [1.29, 1.82) is 0 Å². The van der Waals surface area contributed by atoms with Crippen LogP contribution in [0, 0.1) is 5.41 Å². The first-order valence-corrected chi connectivity index (χ1v) is 8.59. The smallest absolute Gasteiger partial charge is 0.285 e. The second kappa shape index (κ2) is 6.95. The van der Waals surface area contributed by atoms with Crippen molar-refractivity contribution in [2.24, 2.45) is 5.41 Å². The summed E-state index contributed by atoms with van der Waals surface area (Å²) in [6.07, 6.45) is 2.57. The number of piperidine rings is 1. The molecule has 0 amide bonds. The standard InChI is InChI=1S/C18H23ClN4O/c1-18(2)12-23(11-13-6-4-3-5-7-13)9-8-15(18)21-14-10-20-22-17(24)16(14)19/h3-7,10,15H,8-9,11-12H2,1-2H3,(H2,21,22,24)/t15-/m1/s1. The number of H-pyrrole nitrogens is 1. The molecule has 2 aromatic rings. The largest absolute Gasteiger partial charge is 0.379 e. The second-order valence-corrected chi connectivity index (χ2v) is 7.48. The quantitative estimate of drug-likeness (QED) is 0.892. The molecule has 0 saturated carbocycles. The number of hydrogen-bond acceptors (Lipinski definition) is 4. The van der Waals surface area contributed by atoms with Crippen molar-refractivity contribution >= 4 is 17.3 Å². The van der Waals surface area contributed by atoms with Crippen LogP contribution < -0.4 is 10.9 Å². The molecule has 0 aliphatic carbocycles. The van der Waals surface area contributed by atoms with Gasteiger partial charge in [-0.3, -0.25) is 9.69 Å². The highest BCUT2D eigenvalue weighted by Gasteiger charge is 2.36. The Bertz CT molecular complexity index is 744. The number of rotatable bonds is 4. The summed E-state index contributed by atoms with van der Waals surface area (Å²) >= 11 is 6.08. The Balaban J connectivity index is 1.68. The van der Waals surface area contributed by atoms with Crippen LogP contribution in [0.1, 0.15) is 25.8 Å². The van der Waals surface area contributed by atoms with E-state index in [0.717, 1.165) is 26.1 Å². The SMILES string of the molecule is CC1(C)CN(Cc2ccccc2)CC[C@H]1Nc1cn[nH]c(=O)c1Cl. The lowest BCUT2D eigenvalue weighted by Gasteiger charge is -2.45. The Hall–Kier alpha value is -1.85. The van der Waals surface area contributed by atoms with Crippen molar-refractivity contribution in [3.8, 4) is 0 Å². The molecule has 1 aliphatic rings. The van der Waals surface area contributed by atoms with Crippen LogP contribution in [0.25, 0.3) is 0 Å². The third kappa shape index (κ3) is 3.79. The zero-order valence-corrected chi connectivity index (χ0v) is 14.8. The third-order valence-electron chi connectivity index (χ3n) is 4.68. The first-order chi connectivity index (χ1) is 11.5. The summed E-state index contributed by atoms with van der Waals surface area (Å²) in [5.41, 5.74) is 1.64. The fourth-order valence-corrected chi connectivity index (χ4v) is 3.53. The maximum atomic E-state index is 11.6. The van der Waals surface area contributed by atoms with Gasteiger partial charge in [0.15, 0.2) is 0 Å². The summed E-state index contributed by atoms with van der Waals surface area (Å²) in [6, 6.07) is 10.8. The second-order valence-electron chi connectivity index (χ2n) is 7.10. The minimum Gasteiger partial charge on any atom is -0.379 e. The predicted molar refractivity (Wildman–Crippen MR) is 97.4 cm³/mol. The maximum Gasteiger partial charge on any atom is 0.285 e. The Morgan fingerprint density at radius 1 is 1.38 bits per heavy atom. The lowest BCUT2D eigenvalue weighted by atomic mass is 9.79. The molecule has 1 aromatic carbocycles. The van der Waals surface area contributed by atoms with Crippen LogP contribution in [0.2, 0.25) is 5.02 Å². The van der Waals surface area contributed by atoms with E-state index >= 15 is 0 Å². The molecular weight excluding hydrogens is 324 g/mol. The van der Waals surface area contributed by atoms with E-state index in [2.05, 4.69) is 58.5 Å². The van der Waals surface area contributed by atoms with Gasteiger partial charge in [-0.2, -0.15) is 5.10 Å². The van der Waals surface area contributed by atoms with Gasteiger partial charge in [-0.1, -0.05) is 55.8 Å². The molecule has 2 heterocycles. The minimum atomic E-state index is -0.360. The molecule has 6 heteroatoms. The molecule has 2 N–H and O–H groups in total. The molecule has 5 nitrogen and oxygen atoms in total. The predicted octanol–water partition coefficient (Wildman–Crippen LogP) is 3.14. The van der Waals surface area contributed by atoms with Crippen LogP contribution >= 0.6 is 11.6 Å². The highest BCUT2D eigenvalue weighted by Crippen LogP contribution is 2.33. The summed E-state index contributed by atoms with van der Waals surface area (Å²) in [5.74, 6) is 0. The van der Waals surface area contributed by atoms with Gasteiger partial charge in [0.05, 0.1) is 11.9 Å². The Labute approximate surface area is 147 Å². The summed E-state index contributed by atoms with van der Waals surface area (Å²) in [5, 5.41) is 9.78. The third-order valence-corrected chi connectivity index (χ3v) is 5.06. The van der Waals surface area contributed by atoms with E-state index in [1.165, 1.54) is 5.56 Å². The first-order valence-electron chi connectivity index (χ1n) is 8.22. The minimum absolute atomic E-state index is 0.0545. The van der Waals surface area contributed by atoms with E-state index in [-0.39, 0.29) is 22.0 Å². The molecule has 0 unspecified atom stereocenters. The average molecular weight is 347 g/mol. The van der Waals surface area contributed by atoms with Crippen LogP contribution in [0.5, 0.6) is 0 Å². The molecule has 1 aromatic heterocycles. The number of halogens is 1. The number of aromatic nitrogens is 2. The van der Waals surface area contributed by atoms with Crippen molar-refractivity contribution in [3.63, 3.8) is 0 Å². The van der Waals surface area contributed by atoms with Gasteiger partial charge in [0, 0.05) is 25.7 Å². The highest BCUT2D eigenvalue weighted by atomic mass is 35.5. The van der Waals surface area contributed by atoms with E-state index in [9.17, 15) is 4.79 Å². The van der Waals surface area contributed by atoms with Gasteiger partial charge in [0.2, 0.25) is 0 Å². The molecule has 0 spiro atoms. The van der Waals surface area contributed by atoms with Crippen LogP contribution in [0.15, 0.2) is 41.3 Å². The molecule has 1 aliphatic heterocycles. The molecule has 3 rings (SSSR count). The number of likely N-dealkylation sites (tertiary alicyclic amines) is 1. The monoisotopic (exact) mass is 346 g/mol. The van der Waals surface area contributed by atoms with E-state index in [4.69, 9.17) is 11.6 Å². The fourth-order valence-electron chi connectivity index (χ4n) is 3.38. The Morgan fingerprint density at radius 2 is 2.12 bits per heavy atom. The number of hydrogen-bond donors (Lipinski definition) is 2. The van der Waals surface area contributed by atoms with Gasteiger partial charge < -0.3 is 5.32 Å². The molecule has 0 bridgehead atoms. The molecule has 1 saturated heterocycles. The topological polar surface area (TPSA) is 61.0 Å². The average Bonchev–Trinajstić information content (AvgIpc) is 2.54. The number of nitrogens with one attached hydrogen (secondary N) is 2. The van der Waals surface area contributed by atoms with Crippen molar-refractivity contribution in [1.82, 2.24) is 15.1 Å². The van der Waals surface area contributed by atoms with Gasteiger partial charge >= 0.3 is 0 Å². The molecule has 1 atom stereocenters. The lowest BCUT2D eigenvalue weighted by molar-refractivity contribution is 0.0978. The summed E-state index contributed by atoms with van der Waals surface area (Å²) < 4.78 is 0. The maximum absolute atomic E-state index is 11.6. The molecule has 0 radical (unpaired) electrons. The lowest BCUT2D eigenvalue weighted by Crippen LogP contribution is -2.51. The number of nitrogens with zero attached hydrogens (tertiary/aromatic N) is 2. The van der Waals surface area contributed by atoms with E-state index < -0.39 is 0 Å². The van der Waals surface area contributed by atoms with Crippen molar-refractivity contribution in [2.75, 3.05) is 18.4 Å². The molecule has 24 heavy (non-hydrogen) atoms. The van der Waals surface area contributed by atoms with Gasteiger partial charge in [0.25, 0.3) is 5.56 Å². The van der Waals surface area contributed by atoms with E-state index in [0.29, 0.717) is 5.69 Å². The Kier molecular flexibility index (Phi) is 4.92. The normalized spacial score (nSPS) is 20.7. The number of aromatic amines is 1. The van der Waals surface area contributed by atoms with Crippen LogP contribution in [0.4, 0.5) is 5.69 Å². The molecule has 1 fully saturated rings. The summed E-state index contributed by atoms with van der Waals surface area (Å²) in [6.45, 7) is 7.44.